The zero-order valence-electron chi connectivity index (χ0n) is 11.0. The van der Waals surface area contributed by atoms with E-state index in [0.717, 1.165) is 11.3 Å². The van der Waals surface area contributed by atoms with Gasteiger partial charge < -0.3 is 10.2 Å². The lowest BCUT2D eigenvalue weighted by molar-refractivity contribution is -0.133. The third-order valence-electron chi connectivity index (χ3n) is 3.06. The summed E-state index contributed by atoms with van der Waals surface area (Å²) in [5, 5.41) is 2.77. The summed E-state index contributed by atoms with van der Waals surface area (Å²) >= 11 is 1.53. The number of carbonyl (C=O) groups excluding carboxylic acids is 2. The van der Waals surface area contributed by atoms with Crippen LogP contribution in [0.3, 0.4) is 0 Å². The van der Waals surface area contributed by atoms with Crippen LogP contribution in [0, 0.1) is 6.92 Å². The maximum atomic E-state index is 12.1. The van der Waals surface area contributed by atoms with Crippen LogP contribution in [0.25, 0.3) is 0 Å². The molecule has 1 heterocycles. The highest BCUT2D eigenvalue weighted by atomic mass is 32.2. The van der Waals surface area contributed by atoms with Gasteiger partial charge in [0.05, 0.1) is 12.3 Å². The predicted octanol–water partition coefficient (Wildman–Crippen LogP) is 1.44. The van der Waals surface area contributed by atoms with Gasteiger partial charge in [0.15, 0.2) is 0 Å². The number of benzene rings is 1. The number of rotatable bonds is 3. The molecule has 1 aromatic carbocycles. The number of thioether (sulfide) groups is 1. The topological polar surface area (TPSA) is 49.4 Å². The predicted molar refractivity (Wildman–Crippen MR) is 76.1 cm³/mol. The average Bonchev–Trinajstić information content (AvgIpc) is 2.62. The lowest BCUT2D eigenvalue weighted by atomic mass is 10.2. The molecule has 0 radical (unpaired) electrons. The van der Waals surface area contributed by atoms with E-state index < -0.39 is 0 Å². The van der Waals surface area contributed by atoms with Gasteiger partial charge in [-0.3, -0.25) is 9.59 Å². The van der Waals surface area contributed by atoms with Crippen molar-refractivity contribution in [3.63, 3.8) is 0 Å². The maximum Gasteiger partial charge on any atom is 0.239 e. The SMILES string of the molecule is Cc1ccccc1SCC(=O)N1CCCNC(=O)C1. The molecule has 4 nitrogen and oxygen atoms in total. The zero-order chi connectivity index (χ0) is 13.7. The second-order valence-electron chi connectivity index (χ2n) is 4.57. The standard InChI is InChI=1S/C14H18N2O2S/c1-11-5-2-3-6-12(11)19-10-14(18)16-8-4-7-15-13(17)9-16/h2-3,5-6H,4,7-10H2,1H3,(H,15,17). The van der Waals surface area contributed by atoms with Crippen molar-refractivity contribution < 1.29 is 9.59 Å². The summed E-state index contributed by atoms with van der Waals surface area (Å²) in [6.07, 6.45) is 0.826. The molecule has 0 aromatic heterocycles. The summed E-state index contributed by atoms with van der Waals surface area (Å²) < 4.78 is 0. The highest BCUT2D eigenvalue weighted by Crippen LogP contribution is 2.22. The van der Waals surface area contributed by atoms with Crippen molar-refractivity contribution in [2.75, 3.05) is 25.4 Å². The Bertz CT molecular complexity index is 476. The Morgan fingerprint density at radius 1 is 1.42 bits per heavy atom. The van der Waals surface area contributed by atoms with Gasteiger partial charge in [0.2, 0.25) is 11.8 Å². The van der Waals surface area contributed by atoms with E-state index in [1.54, 1.807) is 4.90 Å². The van der Waals surface area contributed by atoms with Gasteiger partial charge in [0.25, 0.3) is 0 Å². The summed E-state index contributed by atoms with van der Waals surface area (Å²) in [7, 11) is 0. The van der Waals surface area contributed by atoms with E-state index in [-0.39, 0.29) is 18.4 Å². The van der Waals surface area contributed by atoms with E-state index in [4.69, 9.17) is 0 Å². The van der Waals surface area contributed by atoms with Crippen molar-refractivity contribution in [3.05, 3.63) is 29.8 Å². The van der Waals surface area contributed by atoms with Gasteiger partial charge in [-0.2, -0.15) is 0 Å². The van der Waals surface area contributed by atoms with Gasteiger partial charge >= 0.3 is 0 Å². The van der Waals surface area contributed by atoms with E-state index in [0.29, 0.717) is 18.8 Å². The second-order valence-corrected chi connectivity index (χ2v) is 5.59. The molecule has 1 fully saturated rings. The van der Waals surface area contributed by atoms with Crippen molar-refractivity contribution in [1.82, 2.24) is 10.2 Å². The number of nitrogens with zero attached hydrogens (tertiary/aromatic N) is 1. The summed E-state index contributed by atoms with van der Waals surface area (Å²) in [4.78, 5) is 26.3. The van der Waals surface area contributed by atoms with Gasteiger partial charge in [-0.05, 0) is 25.0 Å². The molecule has 102 valence electrons. The molecule has 0 spiro atoms. The van der Waals surface area contributed by atoms with E-state index >= 15 is 0 Å². The fourth-order valence-corrected chi connectivity index (χ4v) is 2.90. The normalized spacial score (nSPS) is 15.8. The Labute approximate surface area is 117 Å². The lowest BCUT2D eigenvalue weighted by Crippen LogP contribution is -2.38. The molecule has 1 aromatic rings. The zero-order valence-corrected chi connectivity index (χ0v) is 11.8. The summed E-state index contributed by atoms with van der Waals surface area (Å²) in [6.45, 7) is 3.54. The molecule has 2 amide bonds. The Morgan fingerprint density at radius 2 is 2.21 bits per heavy atom. The minimum Gasteiger partial charge on any atom is -0.354 e. The highest BCUT2D eigenvalue weighted by Gasteiger charge is 2.19. The number of amides is 2. The monoisotopic (exact) mass is 278 g/mol. The molecule has 0 aliphatic carbocycles. The molecule has 0 atom stereocenters. The first-order valence-electron chi connectivity index (χ1n) is 6.40. The van der Waals surface area contributed by atoms with Crippen LogP contribution in [0.5, 0.6) is 0 Å². The van der Waals surface area contributed by atoms with E-state index in [1.807, 2.05) is 31.2 Å². The van der Waals surface area contributed by atoms with Crippen LogP contribution in [-0.4, -0.2) is 42.1 Å². The van der Waals surface area contributed by atoms with Crippen molar-refractivity contribution in [3.8, 4) is 0 Å². The Hall–Kier alpha value is -1.49. The minimum absolute atomic E-state index is 0.0327. The lowest BCUT2D eigenvalue weighted by Gasteiger charge is -2.18. The molecule has 0 bridgehead atoms. The van der Waals surface area contributed by atoms with Gasteiger partial charge in [-0.15, -0.1) is 11.8 Å². The summed E-state index contributed by atoms with van der Waals surface area (Å²) in [5.74, 6) is 0.357. The van der Waals surface area contributed by atoms with E-state index in [1.165, 1.54) is 17.3 Å². The van der Waals surface area contributed by atoms with Crippen molar-refractivity contribution >= 4 is 23.6 Å². The molecule has 0 saturated carbocycles. The molecular formula is C14H18N2O2S. The van der Waals surface area contributed by atoms with Crippen LogP contribution in [0.15, 0.2) is 29.2 Å². The maximum absolute atomic E-state index is 12.1. The first-order chi connectivity index (χ1) is 9.16. The van der Waals surface area contributed by atoms with E-state index in [9.17, 15) is 9.59 Å². The van der Waals surface area contributed by atoms with Gasteiger partial charge in [0, 0.05) is 18.0 Å². The molecule has 5 heteroatoms. The molecule has 2 rings (SSSR count). The van der Waals surface area contributed by atoms with Crippen LogP contribution in [0.1, 0.15) is 12.0 Å². The van der Waals surface area contributed by atoms with Gasteiger partial charge in [0.1, 0.15) is 0 Å². The van der Waals surface area contributed by atoms with Crippen molar-refractivity contribution in [2.45, 2.75) is 18.2 Å². The molecule has 19 heavy (non-hydrogen) atoms. The van der Waals surface area contributed by atoms with Gasteiger partial charge in [-0.1, -0.05) is 18.2 Å². The van der Waals surface area contributed by atoms with Gasteiger partial charge in [-0.25, -0.2) is 0 Å². The Morgan fingerprint density at radius 3 is 3.00 bits per heavy atom. The first kappa shape index (κ1) is 13.9. The smallest absolute Gasteiger partial charge is 0.239 e. The van der Waals surface area contributed by atoms with Crippen LogP contribution >= 0.6 is 11.8 Å². The summed E-state index contributed by atoms with van der Waals surface area (Å²) in [5.41, 5.74) is 1.17. The molecule has 1 aliphatic rings. The number of aryl methyl sites for hydroxylation is 1. The average molecular weight is 278 g/mol. The van der Waals surface area contributed by atoms with Crippen molar-refractivity contribution in [2.24, 2.45) is 0 Å². The fraction of sp³-hybridized carbons (Fsp3) is 0.429. The van der Waals surface area contributed by atoms with Crippen molar-refractivity contribution in [1.29, 1.82) is 0 Å². The quantitative estimate of drug-likeness (QED) is 0.851. The molecule has 1 aliphatic heterocycles. The molecule has 0 unspecified atom stereocenters. The third-order valence-corrected chi connectivity index (χ3v) is 4.22. The fourth-order valence-electron chi connectivity index (χ4n) is 1.97. The second kappa shape index (κ2) is 6.61. The van der Waals surface area contributed by atoms with Crippen LogP contribution in [-0.2, 0) is 9.59 Å². The molecule has 1 saturated heterocycles. The minimum atomic E-state index is -0.0632. The number of hydrogen-bond acceptors (Lipinski definition) is 3. The van der Waals surface area contributed by atoms with Crippen LogP contribution in [0.4, 0.5) is 0 Å². The highest BCUT2D eigenvalue weighted by molar-refractivity contribution is 8.00. The Kier molecular flexibility index (Phi) is 4.85. The van der Waals surface area contributed by atoms with E-state index in [2.05, 4.69) is 5.32 Å². The third kappa shape index (κ3) is 3.99. The van der Waals surface area contributed by atoms with Crippen LogP contribution < -0.4 is 5.32 Å². The van der Waals surface area contributed by atoms with Crippen LogP contribution in [0.2, 0.25) is 0 Å². The Balaban J connectivity index is 1.90. The first-order valence-corrected chi connectivity index (χ1v) is 7.38. The molecular weight excluding hydrogens is 260 g/mol. The number of nitrogens with one attached hydrogen (secondary N) is 1. The largest absolute Gasteiger partial charge is 0.354 e. The number of hydrogen-bond donors (Lipinski definition) is 1. The molecule has 1 N–H and O–H groups in total. The number of carbonyl (C=O) groups is 2. The summed E-state index contributed by atoms with van der Waals surface area (Å²) in [6, 6.07) is 8.01.